The van der Waals surface area contributed by atoms with Gasteiger partial charge in [0.25, 0.3) is 0 Å². The van der Waals surface area contributed by atoms with Crippen molar-refractivity contribution in [3.05, 3.63) is 56.5 Å². The van der Waals surface area contributed by atoms with Crippen LogP contribution in [0.25, 0.3) is 10.8 Å². The summed E-state index contributed by atoms with van der Waals surface area (Å²) in [6.45, 7) is 2.12. The number of nitrogens with zero attached hydrogens (tertiary/aromatic N) is 1. The van der Waals surface area contributed by atoms with Crippen molar-refractivity contribution in [3.8, 4) is 0 Å². The smallest absolute Gasteiger partial charge is 0.176 e. The first-order chi connectivity index (χ1) is 8.70. The predicted octanol–water partition coefficient (Wildman–Crippen LogP) is 4.25. The standard InChI is InChI=1S/C14H12N2S2/c1-9-2-4-11-5-3-10(7-12(11)6-9)8-13-15-16-14(17)18-13/h2-7H,8H2,1H3,(H,16,17). The van der Waals surface area contributed by atoms with Gasteiger partial charge in [0.2, 0.25) is 0 Å². The van der Waals surface area contributed by atoms with Crippen molar-refractivity contribution in [1.82, 2.24) is 10.2 Å². The molecule has 0 aliphatic carbocycles. The average molecular weight is 272 g/mol. The molecular weight excluding hydrogens is 260 g/mol. The van der Waals surface area contributed by atoms with Crippen molar-refractivity contribution in [2.24, 2.45) is 0 Å². The highest BCUT2D eigenvalue weighted by atomic mass is 32.1. The summed E-state index contributed by atoms with van der Waals surface area (Å²) in [5.41, 5.74) is 2.56. The molecule has 0 aliphatic rings. The second kappa shape index (κ2) is 4.63. The van der Waals surface area contributed by atoms with Gasteiger partial charge in [-0.05, 0) is 35.5 Å². The number of fused-ring (bicyclic) bond motifs is 1. The number of aromatic nitrogens is 2. The zero-order valence-corrected chi connectivity index (χ0v) is 11.6. The van der Waals surface area contributed by atoms with Gasteiger partial charge in [-0.3, -0.25) is 5.10 Å². The maximum atomic E-state index is 5.04. The van der Waals surface area contributed by atoms with Crippen LogP contribution in [0.3, 0.4) is 0 Å². The molecule has 0 atom stereocenters. The second-order valence-corrected chi connectivity index (χ2v) is 6.12. The summed E-state index contributed by atoms with van der Waals surface area (Å²) in [5.74, 6) is 0. The number of rotatable bonds is 2. The third-order valence-electron chi connectivity index (χ3n) is 2.90. The molecule has 0 aliphatic heterocycles. The average Bonchev–Trinajstić information content (AvgIpc) is 2.74. The quantitative estimate of drug-likeness (QED) is 0.706. The highest BCUT2D eigenvalue weighted by Gasteiger charge is 2.02. The molecule has 1 heterocycles. The van der Waals surface area contributed by atoms with E-state index in [1.807, 2.05) is 0 Å². The molecule has 1 N–H and O–H groups in total. The largest absolute Gasteiger partial charge is 0.258 e. The topological polar surface area (TPSA) is 28.7 Å². The zero-order chi connectivity index (χ0) is 12.5. The zero-order valence-electron chi connectivity index (χ0n) is 9.93. The fourth-order valence-electron chi connectivity index (χ4n) is 2.04. The fourth-order valence-corrected chi connectivity index (χ4v) is 3.01. The predicted molar refractivity (Wildman–Crippen MR) is 78.8 cm³/mol. The molecule has 0 fully saturated rings. The van der Waals surface area contributed by atoms with E-state index >= 15 is 0 Å². The Kier molecular flexibility index (Phi) is 2.97. The lowest BCUT2D eigenvalue weighted by Gasteiger charge is -2.03. The van der Waals surface area contributed by atoms with E-state index in [2.05, 4.69) is 53.5 Å². The third-order valence-corrected chi connectivity index (χ3v) is 3.99. The number of H-pyrrole nitrogens is 1. The lowest BCUT2D eigenvalue weighted by atomic mass is 10.0. The van der Waals surface area contributed by atoms with Gasteiger partial charge in [-0.15, -0.1) is 0 Å². The van der Waals surface area contributed by atoms with Crippen molar-refractivity contribution in [2.75, 3.05) is 0 Å². The van der Waals surface area contributed by atoms with E-state index in [1.165, 1.54) is 33.2 Å². The number of benzene rings is 2. The Labute approximate surface area is 114 Å². The van der Waals surface area contributed by atoms with Crippen molar-refractivity contribution < 1.29 is 0 Å². The van der Waals surface area contributed by atoms with Crippen LogP contribution in [0.1, 0.15) is 16.1 Å². The minimum Gasteiger partial charge on any atom is -0.258 e. The lowest BCUT2D eigenvalue weighted by molar-refractivity contribution is 0.998. The van der Waals surface area contributed by atoms with Gasteiger partial charge in [-0.1, -0.05) is 53.3 Å². The highest BCUT2D eigenvalue weighted by Crippen LogP contribution is 2.20. The number of hydrogen-bond acceptors (Lipinski definition) is 3. The Morgan fingerprint density at radius 1 is 1.17 bits per heavy atom. The molecule has 1 aromatic heterocycles. The molecule has 3 aromatic rings. The van der Waals surface area contributed by atoms with Gasteiger partial charge < -0.3 is 0 Å². The summed E-state index contributed by atoms with van der Waals surface area (Å²) in [6, 6.07) is 13.1. The SMILES string of the molecule is Cc1ccc2ccc(Cc3n[nH]c(=S)s3)cc2c1. The lowest BCUT2D eigenvalue weighted by Crippen LogP contribution is -1.87. The fraction of sp³-hybridized carbons (Fsp3) is 0.143. The molecule has 2 nitrogen and oxygen atoms in total. The van der Waals surface area contributed by atoms with E-state index < -0.39 is 0 Å². The van der Waals surface area contributed by atoms with Gasteiger partial charge in [0, 0.05) is 6.42 Å². The van der Waals surface area contributed by atoms with Crippen LogP contribution in [0.15, 0.2) is 36.4 Å². The Hall–Kier alpha value is -1.52. The maximum absolute atomic E-state index is 5.04. The van der Waals surface area contributed by atoms with Gasteiger partial charge in [-0.25, -0.2) is 0 Å². The van der Waals surface area contributed by atoms with Gasteiger partial charge in [0.05, 0.1) is 0 Å². The molecule has 0 saturated carbocycles. The van der Waals surface area contributed by atoms with Crippen LogP contribution < -0.4 is 0 Å². The molecule has 0 unspecified atom stereocenters. The van der Waals surface area contributed by atoms with E-state index in [9.17, 15) is 0 Å². The summed E-state index contributed by atoms with van der Waals surface area (Å²) in [7, 11) is 0. The van der Waals surface area contributed by atoms with Crippen LogP contribution in [0.5, 0.6) is 0 Å². The number of aryl methyl sites for hydroxylation is 1. The minimum atomic E-state index is 0.738. The highest BCUT2D eigenvalue weighted by molar-refractivity contribution is 7.73. The summed E-state index contributed by atoms with van der Waals surface area (Å²) in [4.78, 5) is 0. The van der Waals surface area contributed by atoms with E-state index in [0.717, 1.165) is 15.4 Å². The van der Waals surface area contributed by atoms with Gasteiger partial charge in [-0.2, -0.15) is 5.10 Å². The van der Waals surface area contributed by atoms with Crippen molar-refractivity contribution >= 4 is 34.3 Å². The summed E-state index contributed by atoms with van der Waals surface area (Å²) >= 11 is 6.58. The Balaban J connectivity index is 2.00. The molecule has 0 radical (unpaired) electrons. The Morgan fingerprint density at radius 3 is 2.78 bits per heavy atom. The van der Waals surface area contributed by atoms with E-state index in [-0.39, 0.29) is 0 Å². The molecule has 0 amide bonds. The summed E-state index contributed by atoms with van der Waals surface area (Å²) in [5, 5.41) is 10.6. The van der Waals surface area contributed by atoms with Crippen LogP contribution in [0.2, 0.25) is 0 Å². The molecule has 18 heavy (non-hydrogen) atoms. The normalized spacial score (nSPS) is 10.9. The Bertz CT molecular complexity index is 756. The monoisotopic (exact) mass is 272 g/mol. The molecule has 90 valence electrons. The molecule has 0 saturated heterocycles. The van der Waals surface area contributed by atoms with Crippen LogP contribution in [0.4, 0.5) is 0 Å². The first kappa shape index (κ1) is 11.6. The third kappa shape index (κ3) is 2.35. The maximum Gasteiger partial charge on any atom is 0.176 e. The van der Waals surface area contributed by atoms with E-state index in [1.54, 1.807) is 0 Å². The van der Waals surface area contributed by atoms with Gasteiger partial charge in [0.15, 0.2) is 3.95 Å². The summed E-state index contributed by atoms with van der Waals surface area (Å²) in [6.07, 6.45) is 0.835. The van der Waals surface area contributed by atoms with Crippen LogP contribution in [0, 0.1) is 10.9 Å². The first-order valence-corrected chi connectivity index (χ1v) is 6.97. The van der Waals surface area contributed by atoms with Gasteiger partial charge in [0.1, 0.15) is 5.01 Å². The van der Waals surface area contributed by atoms with Crippen molar-refractivity contribution in [3.63, 3.8) is 0 Å². The molecule has 2 aromatic carbocycles. The van der Waals surface area contributed by atoms with Crippen LogP contribution in [-0.4, -0.2) is 10.2 Å². The van der Waals surface area contributed by atoms with Crippen LogP contribution in [-0.2, 0) is 6.42 Å². The number of aromatic amines is 1. The van der Waals surface area contributed by atoms with E-state index in [0.29, 0.717) is 0 Å². The van der Waals surface area contributed by atoms with Crippen molar-refractivity contribution in [2.45, 2.75) is 13.3 Å². The van der Waals surface area contributed by atoms with E-state index in [4.69, 9.17) is 12.2 Å². The molecule has 4 heteroatoms. The molecule has 3 rings (SSSR count). The number of nitrogens with one attached hydrogen (secondary N) is 1. The van der Waals surface area contributed by atoms with Crippen LogP contribution >= 0.6 is 23.6 Å². The Morgan fingerprint density at radius 2 is 2.00 bits per heavy atom. The summed E-state index contributed by atoms with van der Waals surface area (Å²) < 4.78 is 0.738. The molecular formula is C14H12N2S2. The molecule has 0 spiro atoms. The minimum absolute atomic E-state index is 0.738. The first-order valence-electron chi connectivity index (χ1n) is 5.74. The van der Waals surface area contributed by atoms with Gasteiger partial charge >= 0.3 is 0 Å². The molecule has 0 bridgehead atoms. The second-order valence-electron chi connectivity index (χ2n) is 4.37. The van der Waals surface area contributed by atoms with Crippen molar-refractivity contribution in [1.29, 1.82) is 0 Å². The number of hydrogen-bond donors (Lipinski definition) is 1.